The molecule has 94 valence electrons. The van der Waals surface area contributed by atoms with Crippen molar-refractivity contribution in [1.82, 2.24) is 15.3 Å². The van der Waals surface area contributed by atoms with E-state index in [4.69, 9.17) is 0 Å². The molecule has 0 bridgehead atoms. The van der Waals surface area contributed by atoms with E-state index in [1.165, 1.54) is 25.7 Å². The number of anilines is 1. The van der Waals surface area contributed by atoms with Gasteiger partial charge in [0.25, 0.3) is 0 Å². The van der Waals surface area contributed by atoms with Crippen molar-refractivity contribution in [2.75, 3.05) is 18.5 Å². The number of hydrogen-bond acceptors (Lipinski definition) is 4. The van der Waals surface area contributed by atoms with Gasteiger partial charge in [-0.2, -0.15) is 0 Å². The van der Waals surface area contributed by atoms with Crippen LogP contribution in [0.2, 0.25) is 0 Å². The molecule has 0 radical (unpaired) electrons. The summed E-state index contributed by atoms with van der Waals surface area (Å²) in [4.78, 5) is 11.4. The monoisotopic (exact) mass is 234 g/mol. The lowest BCUT2D eigenvalue weighted by molar-refractivity contribution is 0.699. The fourth-order valence-corrected chi connectivity index (χ4v) is 1.97. The van der Waals surface area contributed by atoms with Gasteiger partial charge in [-0.05, 0) is 26.3 Å². The van der Waals surface area contributed by atoms with E-state index in [1.807, 2.05) is 19.4 Å². The summed E-state index contributed by atoms with van der Waals surface area (Å²) in [5, 5.41) is 3.09. The molecule has 0 aromatic carbocycles. The molecule has 2 rings (SSSR count). The molecular formula is C13H22N4. The molecule has 0 unspecified atom stereocenters. The Labute approximate surface area is 103 Å². The third-order valence-electron chi connectivity index (χ3n) is 3.08. The lowest BCUT2D eigenvalue weighted by Crippen LogP contribution is -2.28. The zero-order valence-electron chi connectivity index (χ0n) is 10.8. The van der Waals surface area contributed by atoms with Crippen molar-refractivity contribution in [1.29, 1.82) is 0 Å². The van der Waals surface area contributed by atoms with Crippen LogP contribution in [0.25, 0.3) is 0 Å². The average molecular weight is 234 g/mol. The first-order chi connectivity index (χ1) is 8.35. The van der Waals surface area contributed by atoms with E-state index in [2.05, 4.69) is 27.1 Å². The fraction of sp³-hybridized carbons (Fsp3) is 0.692. The highest BCUT2D eigenvalue weighted by atomic mass is 15.2. The van der Waals surface area contributed by atoms with Gasteiger partial charge in [0.15, 0.2) is 0 Å². The highest BCUT2D eigenvalue weighted by Gasteiger charge is 2.29. The smallest absolute Gasteiger partial charge is 0.147 e. The van der Waals surface area contributed by atoms with Crippen LogP contribution in [0.3, 0.4) is 0 Å². The summed E-state index contributed by atoms with van der Waals surface area (Å²) in [5.41, 5.74) is 1.00. The van der Waals surface area contributed by atoms with Crippen molar-refractivity contribution in [2.45, 2.75) is 45.2 Å². The van der Waals surface area contributed by atoms with E-state index >= 15 is 0 Å². The number of nitrogens with zero attached hydrogens (tertiary/aromatic N) is 3. The zero-order chi connectivity index (χ0) is 12.1. The van der Waals surface area contributed by atoms with Crippen molar-refractivity contribution in [3.63, 3.8) is 0 Å². The van der Waals surface area contributed by atoms with E-state index in [1.54, 1.807) is 0 Å². The number of hydrogen-bond donors (Lipinski definition) is 1. The van der Waals surface area contributed by atoms with E-state index < -0.39 is 0 Å². The van der Waals surface area contributed by atoms with Crippen LogP contribution in [0, 0.1) is 0 Å². The van der Waals surface area contributed by atoms with E-state index in [-0.39, 0.29) is 0 Å². The Morgan fingerprint density at radius 3 is 2.71 bits per heavy atom. The van der Waals surface area contributed by atoms with E-state index in [0.29, 0.717) is 6.04 Å². The second-order valence-corrected chi connectivity index (χ2v) is 4.67. The normalized spacial score (nSPS) is 14.9. The summed E-state index contributed by atoms with van der Waals surface area (Å²) in [7, 11) is 1.92. The molecule has 0 amide bonds. The molecule has 0 aliphatic heterocycles. The van der Waals surface area contributed by atoms with Crippen LogP contribution in [-0.4, -0.2) is 29.6 Å². The summed E-state index contributed by atoms with van der Waals surface area (Å²) in [6.07, 6.45) is 8.88. The van der Waals surface area contributed by atoms with Crippen molar-refractivity contribution in [3.05, 3.63) is 18.1 Å². The minimum atomic E-state index is 0.714. The Morgan fingerprint density at radius 1 is 1.35 bits per heavy atom. The number of rotatable bonds is 7. The molecule has 0 saturated heterocycles. The molecular weight excluding hydrogens is 212 g/mol. The van der Waals surface area contributed by atoms with Crippen molar-refractivity contribution < 1.29 is 0 Å². The van der Waals surface area contributed by atoms with Crippen LogP contribution in [0.15, 0.2) is 12.4 Å². The Kier molecular flexibility index (Phi) is 4.31. The fourth-order valence-electron chi connectivity index (χ4n) is 1.97. The molecule has 1 aromatic heterocycles. The van der Waals surface area contributed by atoms with E-state index in [9.17, 15) is 0 Å². The van der Waals surface area contributed by atoms with Crippen LogP contribution in [0.1, 0.15) is 38.3 Å². The summed E-state index contributed by atoms with van der Waals surface area (Å²) in [6, 6.07) is 0.714. The minimum absolute atomic E-state index is 0.714. The predicted molar refractivity (Wildman–Crippen MR) is 70.1 cm³/mol. The molecule has 4 heteroatoms. The van der Waals surface area contributed by atoms with Crippen LogP contribution >= 0.6 is 0 Å². The molecule has 0 spiro atoms. The van der Waals surface area contributed by atoms with Gasteiger partial charge in [-0.3, -0.25) is 4.98 Å². The predicted octanol–water partition coefficient (Wildman–Crippen LogP) is 1.96. The molecule has 1 N–H and O–H groups in total. The Balaban J connectivity index is 2.01. The Bertz CT molecular complexity index is 332. The molecule has 17 heavy (non-hydrogen) atoms. The summed E-state index contributed by atoms with van der Waals surface area (Å²) >= 11 is 0. The summed E-state index contributed by atoms with van der Waals surface area (Å²) < 4.78 is 0. The maximum atomic E-state index is 4.54. The van der Waals surface area contributed by atoms with Gasteiger partial charge in [-0.1, -0.05) is 13.3 Å². The molecule has 1 fully saturated rings. The number of unbranched alkanes of at least 4 members (excludes halogenated alkanes) is 1. The first kappa shape index (κ1) is 12.3. The number of nitrogens with one attached hydrogen (secondary N) is 1. The first-order valence-electron chi connectivity index (χ1n) is 6.57. The Hall–Kier alpha value is -1.16. The standard InChI is InChI=1S/C13H22N4/c1-3-4-7-17(12-5-6-12)13-10-15-11(8-14-2)9-16-13/h9-10,12,14H,3-8H2,1-2H3. The first-order valence-corrected chi connectivity index (χ1v) is 6.57. The molecule has 1 aromatic rings. The van der Waals surface area contributed by atoms with Gasteiger partial charge in [-0.15, -0.1) is 0 Å². The zero-order valence-corrected chi connectivity index (χ0v) is 10.8. The van der Waals surface area contributed by atoms with Gasteiger partial charge >= 0.3 is 0 Å². The van der Waals surface area contributed by atoms with Crippen LogP contribution in [0.4, 0.5) is 5.82 Å². The van der Waals surface area contributed by atoms with Gasteiger partial charge in [0.05, 0.1) is 18.1 Å². The SMILES string of the molecule is CCCCN(c1cnc(CNC)cn1)C1CC1. The molecule has 4 nitrogen and oxygen atoms in total. The van der Waals surface area contributed by atoms with Gasteiger partial charge < -0.3 is 10.2 Å². The van der Waals surface area contributed by atoms with Crippen molar-refractivity contribution in [3.8, 4) is 0 Å². The Morgan fingerprint density at radius 2 is 2.18 bits per heavy atom. The highest BCUT2D eigenvalue weighted by Crippen LogP contribution is 2.30. The lowest BCUT2D eigenvalue weighted by Gasteiger charge is -2.22. The van der Waals surface area contributed by atoms with Gasteiger partial charge in [-0.25, -0.2) is 4.98 Å². The summed E-state index contributed by atoms with van der Waals surface area (Å²) in [5.74, 6) is 1.04. The highest BCUT2D eigenvalue weighted by molar-refractivity contribution is 5.39. The maximum Gasteiger partial charge on any atom is 0.147 e. The largest absolute Gasteiger partial charge is 0.352 e. The topological polar surface area (TPSA) is 41.1 Å². The third kappa shape index (κ3) is 3.40. The minimum Gasteiger partial charge on any atom is -0.352 e. The molecule has 1 saturated carbocycles. The molecule has 0 atom stereocenters. The van der Waals surface area contributed by atoms with Gasteiger partial charge in [0.2, 0.25) is 0 Å². The molecule has 1 heterocycles. The lowest BCUT2D eigenvalue weighted by atomic mass is 10.3. The summed E-state index contributed by atoms with van der Waals surface area (Å²) in [6.45, 7) is 4.12. The van der Waals surface area contributed by atoms with Crippen LogP contribution < -0.4 is 10.2 Å². The van der Waals surface area contributed by atoms with E-state index in [0.717, 1.165) is 24.6 Å². The quantitative estimate of drug-likeness (QED) is 0.783. The maximum absolute atomic E-state index is 4.54. The average Bonchev–Trinajstić information content (AvgIpc) is 3.16. The third-order valence-corrected chi connectivity index (χ3v) is 3.08. The molecule has 1 aliphatic rings. The van der Waals surface area contributed by atoms with Gasteiger partial charge in [0, 0.05) is 19.1 Å². The molecule has 1 aliphatic carbocycles. The van der Waals surface area contributed by atoms with Crippen molar-refractivity contribution in [2.24, 2.45) is 0 Å². The second kappa shape index (κ2) is 5.96. The van der Waals surface area contributed by atoms with Crippen molar-refractivity contribution >= 4 is 5.82 Å². The van der Waals surface area contributed by atoms with Gasteiger partial charge in [0.1, 0.15) is 5.82 Å². The van der Waals surface area contributed by atoms with Crippen LogP contribution in [0.5, 0.6) is 0 Å². The van der Waals surface area contributed by atoms with Crippen LogP contribution in [-0.2, 0) is 6.54 Å². The second-order valence-electron chi connectivity index (χ2n) is 4.67. The number of aromatic nitrogens is 2.